The molecule has 74 valence electrons. The molecule has 1 aromatic rings. The molecule has 1 nitrogen and oxygen atoms in total. The summed E-state index contributed by atoms with van der Waals surface area (Å²) in [6, 6.07) is 8.34. The van der Waals surface area contributed by atoms with Gasteiger partial charge in [-0.1, -0.05) is 54.6 Å². The Morgan fingerprint density at radius 2 is 1.80 bits per heavy atom. The number of hydrogen-bond acceptors (Lipinski definition) is 1. The molecule has 1 aromatic carbocycles. The maximum absolute atomic E-state index is 6.21. The van der Waals surface area contributed by atoms with E-state index < -0.39 is 0 Å². The second-order valence-electron chi connectivity index (χ2n) is 4.08. The molecule has 0 bridgehead atoms. The van der Waals surface area contributed by atoms with Crippen LogP contribution in [0.2, 0.25) is 0 Å². The second-order valence-corrected chi connectivity index (χ2v) is 4.08. The summed E-state index contributed by atoms with van der Waals surface area (Å²) in [6.07, 6.45) is 10.9. The fourth-order valence-corrected chi connectivity index (χ4v) is 2.39. The Morgan fingerprint density at radius 1 is 1.00 bits per heavy atom. The van der Waals surface area contributed by atoms with E-state index in [1.54, 1.807) is 0 Å². The minimum atomic E-state index is 0.352. The lowest BCUT2D eigenvalue weighted by atomic mass is 9.81. The van der Waals surface area contributed by atoms with E-state index in [1.807, 2.05) is 6.07 Å². The summed E-state index contributed by atoms with van der Waals surface area (Å²) in [4.78, 5) is 0. The molecule has 0 heterocycles. The highest BCUT2D eigenvalue weighted by molar-refractivity contribution is 5.57. The highest BCUT2D eigenvalue weighted by atomic mass is 14.6. The number of allylic oxidation sites excluding steroid dienone is 3. The van der Waals surface area contributed by atoms with Gasteiger partial charge in [0.15, 0.2) is 0 Å². The van der Waals surface area contributed by atoms with Crippen LogP contribution in [-0.2, 0) is 0 Å². The van der Waals surface area contributed by atoms with Gasteiger partial charge in [0.25, 0.3) is 0 Å². The van der Waals surface area contributed by atoms with Crippen LogP contribution in [0.5, 0.6) is 0 Å². The fraction of sp³-hybridized carbons (Fsp3) is 0.143. The van der Waals surface area contributed by atoms with Gasteiger partial charge in [0.05, 0.1) is 0 Å². The zero-order valence-corrected chi connectivity index (χ0v) is 8.43. The Hall–Kier alpha value is -1.76. The van der Waals surface area contributed by atoms with Gasteiger partial charge in [0.2, 0.25) is 0 Å². The lowest BCUT2D eigenvalue weighted by Crippen LogP contribution is -2.38. The molecule has 2 unspecified atom stereocenters. The SMILES string of the molecule is NC1=c2ccccc2=CC2C=CC=CC12. The number of rotatable bonds is 0. The van der Waals surface area contributed by atoms with Gasteiger partial charge in [-0.3, -0.25) is 0 Å². The van der Waals surface area contributed by atoms with Crippen molar-refractivity contribution in [1.82, 2.24) is 0 Å². The van der Waals surface area contributed by atoms with Crippen molar-refractivity contribution >= 4 is 11.8 Å². The van der Waals surface area contributed by atoms with Crippen LogP contribution in [0.1, 0.15) is 0 Å². The van der Waals surface area contributed by atoms with Crippen LogP contribution in [0.4, 0.5) is 0 Å². The van der Waals surface area contributed by atoms with Crippen molar-refractivity contribution in [2.75, 3.05) is 0 Å². The lowest BCUT2D eigenvalue weighted by Gasteiger charge is -2.25. The Morgan fingerprint density at radius 3 is 2.73 bits per heavy atom. The predicted octanol–water partition coefficient (Wildman–Crippen LogP) is 0.906. The molecule has 2 atom stereocenters. The molecule has 0 fully saturated rings. The van der Waals surface area contributed by atoms with Crippen LogP contribution in [0, 0.1) is 11.8 Å². The topological polar surface area (TPSA) is 26.0 Å². The molecule has 0 aliphatic heterocycles. The molecule has 1 heteroatoms. The van der Waals surface area contributed by atoms with Crippen molar-refractivity contribution in [3.05, 3.63) is 59.0 Å². The standard InChI is InChI=1S/C14H13N/c15-14-12-7-3-1-5-10(12)9-11-6-2-4-8-13(11)14/h1-10,12H,15H2. The van der Waals surface area contributed by atoms with E-state index in [0.717, 1.165) is 5.70 Å². The monoisotopic (exact) mass is 195 g/mol. The quantitative estimate of drug-likeness (QED) is 0.654. The third-order valence-corrected chi connectivity index (χ3v) is 3.18. The number of benzene rings is 1. The van der Waals surface area contributed by atoms with E-state index in [1.165, 1.54) is 10.4 Å². The summed E-state index contributed by atoms with van der Waals surface area (Å²) in [6.45, 7) is 0. The van der Waals surface area contributed by atoms with Gasteiger partial charge < -0.3 is 5.73 Å². The van der Waals surface area contributed by atoms with Gasteiger partial charge >= 0.3 is 0 Å². The average molecular weight is 195 g/mol. The smallest absolute Gasteiger partial charge is 0.0271 e. The molecule has 0 spiro atoms. The van der Waals surface area contributed by atoms with Crippen molar-refractivity contribution in [3.63, 3.8) is 0 Å². The minimum absolute atomic E-state index is 0.352. The lowest BCUT2D eigenvalue weighted by molar-refractivity contribution is 0.694. The highest BCUT2D eigenvalue weighted by Crippen LogP contribution is 2.26. The highest BCUT2D eigenvalue weighted by Gasteiger charge is 2.22. The maximum Gasteiger partial charge on any atom is 0.0271 e. The summed E-state index contributed by atoms with van der Waals surface area (Å²) < 4.78 is 0. The third kappa shape index (κ3) is 1.23. The summed E-state index contributed by atoms with van der Waals surface area (Å²) >= 11 is 0. The normalized spacial score (nSPS) is 26.8. The Bertz CT molecular complexity index is 563. The molecule has 0 saturated carbocycles. The van der Waals surface area contributed by atoms with E-state index >= 15 is 0 Å². The van der Waals surface area contributed by atoms with Crippen LogP contribution in [-0.4, -0.2) is 0 Å². The minimum Gasteiger partial charge on any atom is -0.401 e. The van der Waals surface area contributed by atoms with Gasteiger partial charge in [-0.25, -0.2) is 0 Å². The molecule has 0 radical (unpaired) electrons. The molecule has 0 saturated heterocycles. The predicted molar refractivity (Wildman–Crippen MR) is 63.0 cm³/mol. The molecular weight excluding hydrogens is 182 g/mol. The Kier molecular flexibility index (Phi) is 1.78. The van der Waals surface area contributed by atoms with Gasteiger partial charge in [-0.2, -0.15) is 0 Å². The summed E-state index contributed by atoms with van der Waals surface area (Å²) in [5.41, 5.74) is 7.21. The van der Waals surface area contributed by atoms with E-state index in [4.69, 9.17) is 5.73 Å². The first kappa shape index (κ1) is 8.54. The van der Waals surface area contributed by atoms with Crippen molar-refractivity contribution in [1.29, 1.82) is 0 Å². The zero-order valence-electron chi connectivity index (χ0n) is 8.43. The van der Waals surface area contributed by atoms with Crippen LogP contribution in [0.15, 0.2) is 48.6 Å². The van der Waals surface area contributed by atoms with Crippen molar-refractivity contribution in [2.24, 2.45) is 17.6 Å². The van der Waals surface area contributed by atoms with Crippen molar-refractivity contribution in [3.8, 4) is 0 Å². The van der Waals surface area contributed by atoms with Gasteiger partial charge in [0.1, 0.15) is 0 Å². The number of fused-ring (bicyclic) bond motifs is 2. The van der Waals surface area contributed by atoms with Crippen LogP contribution >= 0.6 is 0 Å². The van der Waals surface area contributed by atoms with Crippen molar-refractivity contribution in [2.45, 2.75) is 0 Å². The summed E-state index contributed by atoms with van der Waals surface area (Å²) in [5.74, 6) is 0.787. The van der Waals surface area contributed by atoms with Gasteiger partial charge in [-0.05, 0) is 5.22 Å². The molecule has 2 N–H and O–H groups in total. The van der Waals surface area contributed by atoms with E-state index in [2.05, 4.69) is 48.6 Å². The van der Waals surface area contributed by atoms with E-state index in [-0.39, 0.29) is 0 Å². The van der Waals surface area contributed by atoms with Gasteiger partial charge in [0, 0.05) is 22.8 Å². The first-order valence-electron chi connectivity index (χ1n) is 5.28. The molecule has 15 heavy (non-hydrogen) atoms. The number of hydrogen-bond donors (Lipinski definition) is 1. The zero-order chi connectivity index (χ0) is 10.3. The molecule has 2 aliphatic rings. The van der Waals surface area contributed by atoms with Crippen LogP contribution in [0.3, 0.4) is 0 Å². The maximum atomic E-state index is 6.21. The van der Waals surface area contributed by atoms with E-state index in [0.29, 0.717) is 11.8 Å². The first-order valence-corrected chi connectivity index (χ1v) is 5.28. The number of nitrogens with two attached hydrogens (primary N) is 1. The van der Waals surface area contributed by atoms with Gasteiger partial charge in [-0.15, -0.1) is 0 Å². The van der Waals surface area contributed by atoms with E-state index in [9.17, 15) is 0 Å². The molecule has 3 rings (SSSR count). The summed E-state index contributed by atoms with van der Waals surface area (Å²) in [5, 5.41) is 2.45. The van der Waals surface area contributed by atoms with Crippen molar-refractivity contribution < 1.29 is 0 Å². The molecule has 0 amide bonds. The Balaban J connectivity index is 2.34. The Labute approximate surface area is 88.9 Å². The largest absolute Gasteiger partial charge is 0.401 e. The molecule has 0 aromatic heterocycles. The third-order valence-electron chi connectivity index (χ3n) is 3.18. The first-order chi connectivity index (χ1) is 7.36. The summed E-state index contributed by atoms with van der Waals surface area (Å²) in [7, 11) is 0. The average Bonchev–Trinajstić information content (AvgIpc) is 2.30. The van der Waals surface area contributed by atoms with Crippen LogP contribution < -0.4 is 16.2 Å². The fourth-order valence-electron chi connectivity index (χ4n) is 2.39. The second kappa shape index (κ2) is 3.13. The van der Waals surface area contributed by atoms with Crippen LogP contribution in [0.25, 0.3) is 11.8 Å². The molecule has 2 aliphatic carbocycles. The molecular formula is C14H13N.